The van der Waals surface area contributed by atoms with E-state index < -0.39 is 11.8 Å². The fourth-order valence-electron chi connectivity index (χ4n) is 3.37. The molecule has 1 aliphatic heterocycles. The van der Waals surface area contributed by atoms with Crippen molar-refractivity contribution in [2.24, 2.45) is 0 Å². The lowest BCUT2D eigenvalue weighted by Crippen LogP contribution is -2.36. The molecule has 7 nitrogen and oxygen atoms in total. The van der Waals surface area contributed by atoms with Crippen molar-refractivity contribution >= 4 is 23.2 Å². The van der Waals surface area contributed by atoms with E-state index in [2.05, 4.69) is 39.8 Å². The number of benzene rings is 2. The van der Waals surface area contributed by atoms with Crippen molar-refractivity contribution in [1.82, 2.24) is 5.32 Å². The van der Waals surface area contributed by atoms with Crippen molar-refractivity contribution in [3.05, 3.63) is 53.6 Å². The maximum Gasteiger partial charge on any atom is 0.313 e. The molecule has 1 aliphatic rings. The van der Waals surface area contributed by atoms with Gasteiger partial charge in [0.05, 0.1) is 26.0 Å². The summed E-state index contributed by atoms with van der Waals surface area (Å²) in [4.78, 5) is 26.5. The Balaban J connectivity index is 1.41. The number of hydrogen-bond acceptors (Lipinski definition) is 5. The fourth-order valence-corrected chi connectivity index (χ4v) is 3.37. The SMILES string of the molecule is COc1ccc(C)cc1NC(=O)C(=O)NCCCc1ccc(N2CCOCC2)cc1. The first kappa shape index (κ1) is 21.6. The number of aryl methyl sites for hydroxylation is 2. The molecule has 0 spiro atoms. The Bertz CT molecular complexity index is 861. The Labute approximate surface area is 177 Å². The fraction of sp³-hybridized carbons (Fsp3) is 0.391. The van der Waals surface area contributed by atoms with E-state index in [4.69, 9.17) is 9.47 Å². The highest BCUT2D eigenvalue weighted by Gasteiger charge is 2.15. The van der Waals surface area contributed by atoms with Gasteiger partial charge in [0.25, 0.3) is 0 Å². The summed E-state index contributed by atoms with van der Waals surface area (Å²) in [6, 6.07) is 13.9. The van der Waals surface area contributed by atoms with Crippen molar-refractivity contribution in [3.8, 4) is 5.75 Å². The number of nitrogens with one attached hydrogen (secondary N) is 2. The molecule has 1 heterocycles. The molecule has 160 valence electrons. The third-order valence-corrected chi connectivity index (χ3v) is 5.05. The van der Waals surface area contributed by atoms with Gasteiger partial charge in [0.15, 0.2) is 0 Å². The lowest BCUT2D eigenvalue weighted by atomic mass is 10.1. The van der Waals surface area contributed by atoms with Crippen molar-refractivity contribution in [1.29, 1.82) is 0 Å². The van der Waals surface area contributed by atoms with Gasteiger partial charge in [-0.05, 0) is 55.2 Å². The number of methoxy groups -OCH3 is 1. The molecule has 0 bridgehead atoms. The monoisotopic (exact) mass is 411 g/mol. The maximum absolute atomic E-state index is 12.2. The molecule has 0 saturated carbocycles. The van der Waals surface area contributed by atoms with Gasteiger partial charge in [-0.2, -0.15) is 0 Å². The first-order chi connectivity index (χ1) is 14.6. The molecule has 0 atom stereocenters. The summed E-state index contributed by atoms with van der Waals surface area (Å²) in [6.45, 7) is 5.71. The van der Waals surface area contributed by atoms with Gasteiger partial charge in [-0.3, -0.25) is 9.59 Å². The topological polar surface area (TPSA) is 79.9 Å². The van der Waals surface area contributed by atoms with Crippen LogP contribution in [0.4, 0.5) is 11.4 Å². The Hall–Kier alpha value is -3.06. The van der Waals surface area contributed by atoms with Gasteiger partial charge in [-0.1, -0.05) is 18.2 Å². The minimum Gasteiger partial charge on any atom is -0.495 e. The zero-order valence-electron chi connectivity index (χ0n) is 17.6. The highest BCUT2D eigenvalue weighted by molar-refractivity contribution is 6.39. The van der Waals surface area contributed by atoms with Crippen LogP contribution < -0.4 is 20.3 Å². The van der Waals surface area contributed by atoms with Crippen molar-refractivity contribution in [3.63, 3.8) is 0 Å². The molecule has 1 saturated heterocycles. The van der Waals surface area contributed by atoms with E-state index >= 15 is 0 Å². The summed E-state index contributed by atoms with van der Waals surface area (Å²) in [5.41, 5.74) is 3.86. The van der Waals surface area contributed by atoms with Gasteiger partial charge in [0.2, 0.25) is 0 Å². The molecule has 2 aromatic carbocycles. The summed E-state index contributed by atoms with van der Waals surface area (Å²) < 4.78 is 10.6. The molecular formula is C23H29N3O4. The van der Waals surface area contributed by atoms with Crippen LogP contribution in [-0.4, -0.2) is 51.8 Å². The van der Waals surface area contributed by atoms with Crippen molar-refractivity contribution in [2.75, 3.05) is 50.2 Å². The Morgan fingerprint density at radius 2 is 1.80 bits per heavy atom. The molecule has 30 heavy (non-hydrogen) atoms. The second kappa shape index (κ2) is 10.6. The lowest BCUT2D eigenvalue weighted by Gasteiger charge is -2.28. The van der Waals surface area contributed by atoms with Gasteiger partial charge < -0.3 is 25.0 Å². The van der Waals surface area contributed by atoms with Crippen LogP contribution in [0.15, 0.2) is 42.5 Å². The van der Waals surface area contributed by atoms with E-state index in [0.717, 1.165) is 44.7 Å². The standard InChI is InChI=1S/C23H29N3O4/c1-17-5-10-21(29-2)20(16-17)25-23(28)22(27)24-11-3-4-18-6-8-19(9-7-18)26-12-14-30-15-13-26/h5-10,16H,3-4,11-15H2,1-2H3,(H,24,27)(H,25,28). The summed E-state index contributed by atoms with van der Waals surface area (Å²) >= 11 is 0. The van der Waals surface area contributed by atoms with Gasteiger partial charge >= 0.3 is 11.8 Å². The van der Waals surface area contributed by atoms with Crippen LogP contribution in [0.5, 0.6) is 5.75 Å². The second-order valence-corrected chi connectivity index (χ2v) is 7.28. The molecule has 7 heteroatoms. The second-order valence-electron chi connectivity index (χ2n) is 7.28. The number of carbonyl (C=O) groups excluding carboxylic acids is 2. The lowest BCUT2D eigenvalue weighted by molar-refractivity contribution is -0.136. The van der Waals surface area contributed by atoms with Gasteiger partial charge in [-0.25, -0.2) is 0 Å². The van der Waals surface area contributed by atoms with Crippen molar-refractivity contribution in [2.45, 2.75) is 19.8 Å². The molecule has 0 radical (unpaired) electrons. The van der Waals surface area contributed by atoms with E-state index in [1.165, 1.54) is 18.4 Å². The van der Waals surface area contributed by atoms with Crippen LogP contribution in [0, 0.1) is 6.92 Å². The third-order valence-electron chi connectivity index (χ3n) is 5.05. The van der Waals surface area contributed by atoms with Gasteiger partial charge in [-0.15, -0.1) is 0 Å². The number of anilines is 2. The van der Waals surface area contributed by atoms with E-state index in [1.54, 1.807) is 12.1 Å². The van der Waals surface area contributed by atoms with Crippen LogP contribution in [0.2, 0.25) is 0 Å². The smallest absolute Gasteiger partial charge is 0.313 e. The zero-order valence-corrected chi connectivity index (χ0v) is 17.6. The number of amides is 2. The van der Waals surface area contributed by atoms with E-state index in [-0.39, 0.29) is 0 Å². The third kappa shape index (κ3) is 5.97. The number of carbonyl (C=O) groups is 2. The molecular weight excluding hydrogens is 382 g/mol. The largest absolute Gasteiger partial charge is 0.495 e. The quantitative estimate of drug-likeness (QED) is 0.541. The zero-order chi connectivity index (χ0) is 21.3. The minimum absolute atomic E-state index is 0.433. The van der Waals surface area contributed by atoms with Crippen molar-refractivity contribution < 1.29 is 19.1 Å². The number of nitrogens with zero attached hydrogens (tertiary/aromatic N) is 1. The highest BCUT2D eigenvalue weighted by Crippen LogP contribution is 2.25. The maximum atomic E-state index is 12.2. The van der Waals surface area contributed by atoms with Crippen LogP contribution in [-0.2, 0) is 20.7 Å². The van der Waals surface area contributed by atoms with Crippen LogP contribution >= 0.6 is 0 Å². The van der Waals surface area contributed by atoms with E-state index in [0.29, 0.717) is 18.0 Å². The molecule has 2 amide bonds. The first-order valence-electron chi connectivity index (χ1n) is 10.2. The van der Waals surface area contributed by atoms with Gasteiger partial charge in [0.1, 0.15) is 5.75 Å². The summed E-state index contributed by atoms with van der Waals surface area (Å²) in [5, 5.41) is 5.28. The summed E-state index contributed by atoms with van der Waals surface area (Å²) in [7, 11) is 1.52. The summed E-state index contributed by atoms with van der Waals surface area (Å²) in [5.74, 6) is -0.836. The summed E-state index contributed by atoms with van der Waals surface area (Å²) in [6.07, 6.45) is 1.58. The van der Waals surface area contributed by atoms with E-state index in [1.807, 2.05) is 13.0 Å². The molecule has 0 aliphatic carbocycles. The molecule has 0 unspecified atom stereocenters. The molecule has 1 fully saturated rings. The van der Waals surface area contributed by atoms with Crippen LogP contribution in [0.3, 0.4) is 0 Å². The minimum atomic E-state index is -0.700. The normalized spacial score (nSPS) is 13.6. The molecule has 2 aromatic rings. The Kier molecular flexibility index (Phi) is 7.68. The number of hydrogen-bond donors (Lipinski definition) is 2. The van der Waals surface area contributed by atoms with E-state index in [9.17, 15) is 9.59 Å². The Morgan fingerprint density at radius 1 is 1.07 bits per heavy atom. The molecule has 0 aromatic heterocycles. The highest BCUT2D eigenvalue weighted by atomic mass is 16.5. The van der Waals surface area contributed by atoms with Gasteiger partial charge in [0, 0.05) is 25.3 Å². The average Bonchev–Trinajstić information content (AvgIpc) is 2.77. The van der Waals surface area contributed by atoms with Crippen LogP contribution in [0.25, 0.3) is 0 Å². The molecule has 2 N–H and O–H groups in total. The number of ether oxygens (including phenoxy) is 2. The Morgan fingerprint density at radius 3 is 2.50 bits per heavy atom. The van der Waals surface area contributed by atoms with Crippen LogP contribution in [0.1, 0.15) is 17.5 Å². The number of rotatable bonds is 7. The number of morpholine rings is 1. The predicted molar refractivity (Wildman–Crippen MR) is 117 cm³/mol. The molecule has 3 rings (SSSR count). The average molecular weight is 412 g/mol. The predicted octanol–water partition coefficient (Wildman–Crippen LogP) is 2.53. The first-order valence-corrected chi connectivity index (χ1v) is 10.2.